The Hall–Kier alpha value is -1.91. The van der Waals surface area contributed by atoms with Crippen molar-refractivity contribution in [1.29, 1.82) is 0 Å². The van der Waals surface area contributed by atoms with Gasteiger partial charge < -0.3 is 15.4 Å². The van der Waals surface area contributed by atoms with Gasteiger partial charge >= 0.3 is 0 Å². The zero-order valence-corrected chi connectivity index (χ0v) is 15.8. The number of nitrogens with zero attached hydrogens (tertiary/aromatic N) is 5. The van der Waals surface area contributed by atoms with E-state index in [-0.39, 0.29) is 24.0 Å². The van der Waals surface area contributed by atoms with Crippen LogP contribution in [0.2, 0.25) is 0 Å². The Morgan fingerprint density at radius 2 is 2.09 bits per heavy atom. The highest BCUT2D eigenvalue weighted by Crippen LogP contribution is 2.08. The van der Waals surface area contributed by atoms with E-state index < -0.39 is 0 Å². The molecule has 0 aliphatic rings. The van der Waals surface area contributed by atoms with Crippen LogP contribution in [0.1, 0.15) is 18.3 Å². The van der Waals surface area contributed by atoms with Gasteiger partial charge in [-0.1, -0.05) is 0 Å². The van der Waals surface area contributed by atoms with E-state index in [1.807, 2.05) is 26.1 Å². The molecule has 0 saturated heterocycles. The first kappa shape index (κ1) is 19.1. The van der Waals surface area contributed by atoms with Crippen LogP contribution in [0.4, 0.5) is 0 Å². The number of pyridine rings is 1. The van der Waals surface area contributed by atoms with Crippen molar-refractivity contribution < 1.29 is 4.74 Å². The number of rotatable bonds is 6. The molecule has 0 saturated carbocycles. The third kappa shape index (κ3) is 6.00. The van der Waals surface area contributed by atoms with Gasteiger partial charge in [-0.25, -0.2) is 9.97 Å². The first-order valence-electron chi connectivity index (χ1n) is 7.08. The van der Waals surface area contributed by atoms with Crippen molar-refractivity contribution in [3.63, 3.8) is 0 Å². The summed E-state index contributed by atoms with van der Waals surface area (Å²) in [7, 11) is 3.58. The van der Waals surface area contributed by atoms with Crippen molar-refractivity contribution in [1.82, 2.24) is 30.4 Å². The molecule has 2 rings (SSSR count). The van der Waals surface area contributed by atoms with Crippen LogP contribution in [0.15, 0.2) is 29.6 Å². The number of aliphatic imine (C=N–C) groups is 1. The maximum Gasteiger partial charge on any atom is 0.213 e. The average molecular weight is 431 g/mol. The molecule has 2 heterocycles. The Balaban J connectivity index is 0.00000264. The first-order valence-corrected chi connectivity index (χ1v) is 7.08. The van der Waals surface area contributed by atoms with Gasteiger partial charge in [-0.3, -0.25) is 9.67 Å². The summed E-state index contributed by atoms with van der Waals surface area (Å²) in [5, 5.41) is 10.5. The number of aryl methyl sites for hydroxylation is 1. The summed E-state index contributed by atoms with van der Waals surface area (Å²) in [6, 6.07) is 3.85. The molecule has 0 aromatic carbocycles. The Morgan fingerprint density at radius 1 is 1.30 bits per heavy atom. The van der Waals surface area contributed by atoms with E-state index in [0.717, 1.165) is 11.4 Å². The van der Waals surface area contributed by atoms with Crippen molar-refractivity contribution in [2.24, 2.45) is 12.0 Å². The van der Waals surface area contributed by atoms with Crippen LogP contribution < -0.4 is 15.4 Å². The number of nitrogens with one attached hydrogen (secondary N) is 2. The van der Waals surface area contributed by atoms with Gasteiger partial charge in [-0.05, 0) is 18.6 Å². The van der Waals surface area contributed by atoms with Crippen LogP contribution >= 0.6 is 24.0 Å². The molecular weight excluding hydrogens is 409 g/mol. The number of aromatic nitrogens is 4. The van der Waals surface area contributed by atoms with E-state index in [9.17, 15) is 0 Å². The number of halogens is 1. The molecule has 0 amide bonds. The smallest absolute Gasteiger partial charge is 0.213 e. The van der Waals surface area contributed by atoms with Gasteiger partial charge in [0, 0.05) is 32.9 Å². The molecule has 23 heavy (non-hydrogen) atoms. The predicted octanol–water partition coefficient (Wildman–Crippen LogP) is 1.09. The Labute approximate surface area is 152 Å². The largest absolute Gasteiger partial charge is 0.478 e. The van der Waals surface area contributed by atoms with Crippen LogP contribution in [0.3, 0.4) is 0 Å². The molecule has 0 fully saturated rings. The molecule has 0 atom stereocenters. The lowest BCUT2D eigenvalue weighted by molar-refractivity contribution is 0.326. The van der Waals surface area contributed by atoms with Crippen molar-refractivity contribution in [3.05, 3.63) is 36.0 Å². The molecule has 0 unspecified atom stereocenters. The van der Waals surface area contributed by atoms with E-state index in [4.69, 9.17) is 4.74 Å². The van der Waals surface area contributed by atoms with Gasteiger partial charge in [0.1, 0.15) is 12.2 Å². The van der Waals surface area contributed by atoms with Gasteiger partial charge in [0.2, 0.25) is 5.88 Å². The summed E-state index contributed by atoms with van der Waals surface area (Å²) in [5.41, 5.74) is 1.07. The third-order valence-corrected chi connectivity index (χ3v) is 2.99. The van der Waals surface area contributed by atoms with Gasteiger partial charge in [0.05, 0.1) is 13.2 Å². The lowest BCUT2D eigenvalue weighted by Gasteiger charge is -2.12. The van der Waals surface area contributed by atoms with E-state index in [0.29, 0.717) is 31.5 Å². The summed E-state index contributed by atoms with van der Waals surface area (Å²) in [6.45, 7) is 3.72. The molecule has 0 bridgehead atoms. The summed E-state index contributed by atoms with van der Waals surface area (Å²) >= 11 is 0. The van der Waals surface area contributed by atoms with E-state index in [1.165, 1.54) is 6.33 Å². The van der Waals surface area contributed by atoms with Gasteiger partial charge in [-0.2, -0.15) is 5.10 Å². The van der Waals surface area contributed by atoms with Crippen molar-refractivity contribution >= 4 is 29.9 Å². The average Bonchev–Trinajstić information content (AvgIpc) is 2.93. The Kier molecular flexibility index (Phi) is 8.30. The minimum atomic E-state index is 0. The van der Waals surface area contributed by atoms with Gasteiger partial charge in [0.15, 0.2) is 5.96 Å². The standard InChI is InChI=1S/C14H21N7O.HI/c1-4-22-13-7-11(5-6-16-13)8-17-14(15-2)18-9-12-19-10-20-21(12)3;/h5-7,10H,4,8-9H2,1-3H3,(H2,15,17,18);1H. The van der Waals surface area contributed by atoms with E-state index >= 15 is 0 Å². The van der Waals surface area contributed by atoms with E-state index in [2.05, 4.69) is 30.7 Å². The second kappa shape index (κ2) is 9.98. The molecule has 9 heteroatoms. The number of hydrogen-bond donors (Lipinski definition) is 2. The molecule has 0 aliphatic carbocycles. The molecule has 0 aliphatic heterocycles. The lowest BCUT2D eigenvalue weighted by Crippen LogP contribution is -2.36. The van der Waals surface area contributed by atoms with Crippen molar-refractivity contribution in [2.45, 2.75) is 20.0 Å². The Bertz CT molecular complexity index is 629. The highest BCUT2D eigenvalue weighted by molar-refractivity contribution is 14.0. The predicted molar refractivity (Wildman–Crippen MR) is 98.9 cm³/mol. The second-order valence-corrected chi connectivity index (χ2v) is 4.51. The van der Waals surface area contributed by atoms with Crippen LogP contribution in [-0.4, -0.2) is 39.4 Å². The highest BCUT2D eigenvalue weighted by atomic mass is 127. The summed E-state index contributed by atoms with van der Waals surface area (Å²) in [4.78, 5) is 12.5. The number of ether oxygens (including phenoxy) is 1. The molecule has 0 radical (unpaired) electrons. The normalized spacial score (nSPS) is 10.8. The van der Waals surface area contributed by atoms with Crippen LogP contribution in [-0.2, 0) is 20.1 Å². The molecule has 2 aromatic heterocycles. The van der Waals surface area contributed by atoms with Crippen LogP contribution in [0.5, 0.6) is 5.88 Å². The van der Waals surface area contributed by atoms with E-state index in [1.54, 1.807) is 17.9 Å². The minimum absolute atomic E-state index is 0. The highest BCUT2D eigenvalue weighted by Gasteiger charge is 2.03. The molecule has 2 aromatic rings. The van der Waals surface area contributed by atoms with Crippen molar-refractivity contribution in [2.75, 3.05) is 13.7 Å². The second-order valence-electron chi connectivity index (χ2n) is 4.51. The molecular formula is C14H22IN7O. The van der Waals surface area contributed by atoms with Crippen molar-refractivity contribution in [3.8, 4) is 5.88 Å². The van der Waals surface area contributed by atoms with Gasteiger partial charge in [-0.15, -0.1) is 24.0 Å². The lowest BCUT2D eigenvalue weighted by atomic mass is 10.2. The maximum atomic E-state index is 5.39. The summed E-state index contributed by atoms with van der Waals surface area (Å²) < 4.78 is 7.11. The van der Waals surface area contributed by atoms with Crippen LogP contribution in [0, 0.1) is 0 Å². The third-order valence-electron chi connectivity index (χ3n) is 2.99. The molecule has 0 spiro atoms. The number of guanidine groups is 1. The summed E-state index contributed by atoms with van der Waals surface area (Å²) in [5.74, 6) is 2.16. The first-order chi connectivity index (χ1) is 10.7. The fraction of sp³-hybridized carbons (Fsp3) is 0.429. The number of hydrogen-bond acceptors (Lipinski definition) is 5. The monoisotopic (exact) mass is 431 g/mol. The maximum absolute atomic E-state index is 5.39. The summed E-state index contributed by atoms with van der Waals surface area (Å²) in [6.07, 6.45) is 3.26. The zero-order chi connectivity index (χ0) is 15.8. The van der Waals surface area contributed by atoms with Gasteiger partial charge in [0.25, 0.3) is 0 Å². The molecule has 2 N–H and O–H groups in total. The quantitative estimate of drug-likeness (QED) is 0.405. The minimum Gasteiger partial charge on any atom is -0.478 e. The topological polar surface area (TPSA) is 89.3 Å². The zero-order valence-electron chi connectivity index (χ0n) is 13.5. The van der Waals surface area contributed by atoms with Crippen LogP contribution in [0.25, 0.3) is 0 Å². The molecule has 8 nitrogen and oxygen atoms in total. The molecule has 126 valence electrons. The fourth-order valence-corrected chi connectivity index (χ4v) is 1.84. The Morgan fingerprint density at radius 3 is 2.74 bits per heavy atom. The fourth-order valence-electron chi connectivity index (χ4n) is 1.84. The SMILES string of the molecule is CCOc1cc(CNC(=NC)NCc2ncnn2C)ccn1.I.